The van der Waals surface area contributed by atoms with Crippen molar-refractivity contribution in [3.63, 3.8) is 0 Å². The average molecular weight is 467 g/mol. The summed E-state index contributed by atoms with van der Waals surface area (Å²) in [6.45, 7) is -0.205. The number of benzene rings is 2. The van der Waals surface area contributed by atoms with E-state index < -0.39 is 24.2 Å². The maximum absolute atomic E-state index is 10.7. The molecule has 0 saturated heterocycles. The Bertz CT molecular complexity index is 945. The lowest BCUT2D eigenvalue weighted by molar-refractivity contribution is -0.127. The second-order valence-electron chi connectivity index (χ2n) is 10.7. The molecule has 3 fully saturated rings. The van der Waals surface area contributed by atoms with Gasteiger partial charge in [-0.25, -0.2) is 0 Å². The Morgan fingerprint density at radius 2 is 1.53 bits per heavy atom. The van der Waals surface area contributed by atoms with E-state index in [2.05, 4.69) is 42.5 Å². The first kappa shape index (κ1) is 23.8. The van der Waals surface area contributed by atoms with E-state index in [1.807, 2.05) is 0 Å². The van der Waals surface area contributed by atoms with Gasteiger partial charge in [0.2, 0.25) is 0 Å². The van der Waals surface area contributed by atoms with Crippen LogP contribution in [0.4, 0.5) is 0 Å². The van der Waals surface area contributed by atoms with Gasteiger partial charge in [0.15, 0.2) is 0 Å². The van der Waals surface area contributed by atoms with E-state index in [9.17, 15) is 20.4 Å². The van der Waals surface area contributed by atoms with E-state index in [1.165, 1.54) is 48.8 Å². The van der Waals surface area contributed by atoms with Crippen molar-refractivity contribution in [3.05, 3.63) is 64.7 Å². The summed E-state index contributed by atoms with van der Waals surface area (Å²) in [5.74, 6) is 0.798. The van der Waals surface area contributed by atoms with Crippen molar-refractivity contribution >= 4 is 0 Å². The fourth-order valence-corrected chi connectivity index (χ4v) is 5.92. The summed E-state index contributed by atoms with van der Waals surface area (Å²) in [4.78, 5) is 0. The van der Waals surface area contributed by atoms with Crippen molar-refractivity contribution in [2.75, 3.05) is 6.61 Å². The first-order valence-electron chi connectivity index (χ1n) is 13.1. The van der Waals surface area contributed by atoms with Crippen molar-refractivity contribution in [3.8, 4) is 5.75 Å². The van der Waals surface area contributed by atoms with Gasteiger partial charge in [-0.1, -0.05) is 36.8 Å². The highest BCUT2D eigenvalue weighted by molar-refractivity contribution is 5.42. The van der Waals surface area contributed by atoms with Gasteiger partial charge in [-0.15, -0.1) is 0 Å². The molecule has 0 bridgehead atoms. The monoisotopic (exact) mass is 466 g/mol. The van der Waals surface area contributed by atoms with Crippen molar-refractivity contribution in [2.24, 2.45) is 5.92 Å². The summed E-state index contributed by atoms with van der Waals surface area (Å²) in [5, 5.41) is 40.9. The molecule has 4 N–H and O–H groups in total. The van der Waals surface area contributed by atoms with Crippen molar-refractivity contribution < 1.29 is 25.2 Å². The lowest BCUT2D eigenvalue weighted by atomic mass is 9.72. The first-order chi connectivity index (χ1) is 16.5. The van der Waals surface area contributed by atoms with E-state index in [1.54, 1.807) is 0 Å². The average Bonchev–Trinajstić information content (AvgIpc) is 3.70. The number of hydrogen-bond acceptors (Lipinski definition) is 5. The van der Waals surface area contributed by atoms with Crippen LogP contribution in [-0.4, -0.2) is 51.4 Å². The van der Waals surface area contributed by atoms with Crippen molar-refractivity contribution in [2.45, 2.75) is 94.0 Å². The molecule has 5 nitrogen and oxygen atoms in total. The second kappa shape index (κ2) is 10.4. The summed E-state index contributed by atoms with van der Waals surface area (Å²) in [6, 6.07) is 14.9. The Hall–Kier alpha value is -1.92. The smallest absolute Gasteiger partial charge is 0.119 e. The summed E-state index contributed by atoms with van der Waals surface area (Å²) in [7, 11) is 0. The SMILES string of the molecule is OC[C@H]1C[C@@H](c2ccc(C3CC3)c(Cc3ccc(OC4CCCCC4)cc3)c2)[C@H](O)[C@@H](O)[C@@H]1O. The summed E-state index contributed by atoms with van der Waals surface area (Å²) in [5.41, 5.74) is 4.82. The van der Waals surface area contributed by atoms with E-state index in [-0.39, 0.29) is 12.5 Å². The van der Waals surface area contributed by atoms with Gasteiger partial charge in [0.25, 0.3) is 0 Å². The van der Waals surface area contributed by atoms with E-state index in [0.29, 0.717) is 18.4 Å². The van der Waals surface area contributed by atoms with Gasteiger partial charge in [-0.05, 0) is 91.7 Å². The third-order valence-corrected chi connectivity index (χ3v) is 8.17. The molecule has 2 aromatic carbocycles. The highest BCUT2D eigenvalue weighted by atomic mass is 16.5. The molecular weight excluding hydrogens is 428 g/mol. The van der Waals surface area contributed by atoms with Gasteiger partial charge in [0.05, 0.1) is 18.3 Å². The molecule has 0 aromatic heterocycles. The van der Waals surface area contributed by atoms with Crippen LogP contribution >= 0.6 is 0 Å². The Balaban J connectivity index is 1.34. The van der Waals surface area contributed by atoms with Crippen molar-refractivity contribution in [1.29, 1.82) is 0 Å². The molecule has 3 aliphatic carbocycles. The van der Waals surface area contributed by atoms with Gasteiger partial charge >= 0.3 is 0 Å². The molecule has 0 amide bonds. The molecule has 184 valence electrons. The summed E-state index contributed by atoms with van der Waals surface area (Å²) < 4.78 is 6.19. The Morgan fingerprint density at radius 3 is 2.21 bits per heavy atom. The molecule has 0 radical (unpaired) electrons. The van der Waals surface area contributed by atoms with Crippen LogP contribution in [0, 0.1) is 5.92 Å². The zero-order chi connectivity index (χ0) is 23.7. The fourth-order valence-electron chi connectivity index (χ4n) is 5.92. The van der Waals surface area contributed by atoms with Crippen LogP contribution in [0.25, 0.3) is 0 Å². The fraction of sp³-hybridized carbons (Fsp3) is 0.586. The highest BCUT2D eigenvalue weighted by Crippen LogP contribution is 2.44. The van der Waals surface area contributed by atoms with E-state index in [4.69, 9.17) is 4.74 Å². The molecule has 5 atom stereocenters. The topological polar surface area (TPSA) is 90.2 Å². The number of aliphatic hydroxyl groups excluding tert-OH is 4. The van der Waals surface area contributed by atoms with Crippen LogP contribution in [0.3, 0.4) is 0 Å². The third kappa shape index (κ3) is 5.18. The van der Waals surface area contributed by atoms with Gasteiger partial charge in [-0.2, -0.15) is 0 Å². The Morgan fingerprint density at radius 1 is 0.794 bits per heavy atom. The first-order valence-corrected chi connectivity index (χ1v) is 13.1. The maximum Gasteiger partial charge on any atom is 0.119 e. The molecule has 34 heavy (non-hydrogen) atoms. The maximum atomic E-state index is 10.7. The largest absolute Gasteiger partial charge is 0.490 e. The van der Waals surface area contributed by atoms with Crippen LogP contribution in [0.2, 0.25) is 0 Å². The van der Waals surface area contributed by atoms with E-state index in [0.717, 1.165) is 30.6 Å². The molecule has 0 unspecified atom stereocenters. The molecule has 5 heteroatoms. The normalized spacial score (nSPS) is 30.3. The molecule has 2 aromatic rings. The predicted molar refractivity (Wildman–Crippen MR) is 131 cm³/mol. The second-order valence-corrected chi connectivity index (χ2v) is 10.7. The zero-order valence-electron chi connectivity index (χ0n) is 19.9. The van der Waals surface area contributed by atoms with Gasteiger partial charge in [0.1, 0.15) is 11.9 Å². The molecular formula is C29H38O5. The lowest BCUT2D eigenvalue weighted by Gasteiger charge is -2.40. The van der Waals surface area contributed by atoms with Crippen LogP contribution < -0.4 is 4.74 Å². The Kier molecular flexibility index (Phi) is 7.26. The van der Waals surface area contributed by atoms with Gasteiger partial charge < -0.3 is 25.2 Å². The molecule has 5 rings (SSSR count). The standard InChI is InChI=1S/C29H38O5/c30-17-22-16-26(28(32)29(33)27(22)31)20-10-13-25(19-8-9-19)21(15-20)14-18-6-11-24(12-7-18)34-23-4-2-1-3-5-23/h6-7,10-13,15,19,22-23,26-33H,1-5,8-9,14,16-17H2/t22-,26+,27-,28+,29+/m1/s1. The predicted octanol–water partition coefficient (Wildman–Crippen LogP) is 4.04. The van der Waals surface area contributed by atoms with Crippen LogP contribution in [0.5, 0.6) is 5.75 Å². The van der Waals surface area contributed by atoms with Gasteiger partial charge in [-0.3, -0.25) is 0 Å². The zero-order valence-corrected chi connectivity index (χ0v) is 19.9. The molecule has 0 spiro atoms. The number of rotatable bonds is 7. The van der Waals surface area contributed by atoms with Gasteiger partial charge in [0, 0.05) is 18.4 Å². The highest BCUT2D eigenvalue weighted by Gasteiger charge is 2.43. The minimum absolute atomic E-state index is 0.205. The number of hydrogen-bond donors (Lipinski definition) is 4. The van der Waals surface area contributed by atoms with Crippen molar-refractivity contribution in [1.82, 2.24) is 0 Å². The number of ether oxygens (including phenoxy) is 1. The minimum Gasteiger partial charge on any atom is -0.490 e. The third-order valence-electron chi connectivity index (χ3n) is 8.17. The lowest BCUT2D eigenvalue weighted by Crippen LogP contribution is -2.51. The van der Waals surface area contributed by atoms with E-state index >= 15 is 0 Å². The minimum atomic E-state index is -1.25. The van der Waals surface area contributed by atoms with Crippen LogP contribution in [0.1, 0.15) is 85.5 Å². The summed E-state index contributed by atoms with van der Waals surface area (Å²) in [6.07, 6.45) is 6.76. The molecule has 0 aliphatic heterocycles. The van der Waals surface area contributed by atoms with Crippen LogP contribution in [-0.2, 0) is 6.42 Å². The quantitative estimate of drug-likeness (QED) is 0.494. The molecule has 3 saturated carbocycles. The summed E-state index contributed by atoms with van der Waals surface area (Å²) >= 11 is 0. The number of aliphatic hydroxyl groups is 4. The Labute approximate surface area is 202 Å². The van der Waals surface area contributed by atoms with Crippen LogP contribution in [0.15, 0.2) is 42.5 Å². The molecule has 3 aliphatic rings. The molecule has 0 heterocycles.